The molecule has 9 nitrogen and oxygen atoms in total. The molecule has 0 saturated heterocycles. The zero-order valence-electron chi connectivity index (χ0n) is 14.8. The zero-order chi connectivity index (χ0) is 19.6. The Bertz CT molecular complexity index is 788. The van der Waals surface area contributed by atoms with Crippen LogP contribution in [-0.2, 0) is 17.8 Å². The Morgan fingerprint density at radius 3 is 2.63 bits per heavy atom. The molecule has 2 aromatic rings. The molecule has 0 bridgehead atoms. The normalized spacial score (nSPS) is 10.1. The number of hydrogen-bond donors (Lipinski definition) is 4. The number of benzene rings is 1. The van der Waals surface area contributed by atoms with Crippen LogP contribution in [0.2, 0.25) is 0 Å². The molecule has 144 valence electrons. The largest absolute Gasteiger partial charge is 0.496 e. The molecular formula is C18H21N3O6. The van der Waals surface area contributed by atoms with E-state index in [1.807, 2.05) is 0 Å². The monoisotopic (exact) mass is 375 g/mol. The number of nitrogens with one attached hydrogen (secondary N) is 3. The molecule has 0 spiro atoms. The minimum absolute atomic E-state index is 0.129. The highest BCUT2D eigenvalue weighted by atomic mass is 16.5. The average Bonchev–Trinajstić information content (AvgIpc) is 3.18. The molecule has 1 aromatic carbocycles. The van der Waals surface area contributed by atoms with E-state index in [0.29, 0.717) is 24.5 Å². The SMILES string of the molecule is COc1cc(C(=O)O)ccc1CCNC(=O)CNC(=O)NCc1ccco1. The molecule has 0 aliphatic heterocycles. The van der Waals surface area contributed by atoms with Gasteiger partial charge < -0.3 is 30.2 Å². The van der Waals surface area contributed by atoms with E-state index in [4.69, 9.17) is 14.3 Å². The van der Waals surface area contributed by atoms with Crippen LogP contribution in [-0.4, -0.2) is 43.2 Å². The number of rotatable bonds is 9. The van der Waals surface area contributed by atoms with Crippen molar-refractivity contribution in [1.82, 2.24) is 16.0 Å². The van der Waals surface area contributed by atoms with Gasteiger partial charge >= 0.3 is 12.0 Å². The van der Waals surface area contributed by atoms with Gasteiger partial charge in [0.2, 0.25) is 5.91 Å². The molecule has 0 saturated carbocycles. The zero-order valence-corrected chi connectivity index (χ0v) is 14.8. The Morgan fingerprint density at radius 1 is 1.15 bits per heavy atom. The molecule has 4 N–H and O–H groups in total. The smallest absolute Gasteiger partial charge is 0.335 e. The fourth-order valence-electron chi connectivity index (χ4n) is 2.29. The lowest BCUT2D eigenvalue weighted by molar-refractivity contribution is -0.120. The third-order valence-electron chi connectivity index (χ3n) is 3.66. The van der Waals surface area contributed by atoms with Crippen molar-refractivity contribution in [1.29, 1.82) is 0 Å². The number of carbonyl (C=O) groups excluding carboxylic acids is 2. The third kappa shape index (κ3) is 6.38. The Kier molecular flexibility index (Phi) is 7.24. The topological polar surface area (TPSA) is 130 Å². The predicted molar refractivity (Wildman–Crippen MR) is 95.6 cm³/mol. The van der Waals surface area contributed by atoms with E-state index in [9.17, 15) is 14.4 Å². The highest BCUT2D eigenvalue weighted by Gasteiger charge is 2.10. The Balaban J connectivity index is 1.69. The van der Waals surface area contributed by atoms with Crippen molar-refractivity contribution >= 4 is 17.9 Å². The van der Waals surface area contributed by atoms with Gasteiger partial charge in [-0.2, -0.15) is 0 Å². The summed E-state index contributed by atoms with van der Waals surface area (Å²) in [6.07, 6.45) is 1.96. The van der Waals surface area contributed by atoms with Crippen LogP contribution in [0.3, 0.4) is 0 Å². The summed E-state index contributed by atoms with van der Waals surface area (Å²) in [7, 11) is 1.45. The number of hydrogen-bond acceptors (Lipinski definition) is 5. The first kappa shape index (κ1) is 19.8. The second-order valence-electron chi connectivity index (χ2n) is 5.55. The second-order valence-corrected chi connectivity index (χ2v) is 5.55. The number of amides is 3. The Labute approximate surface area is 155 Å². The maximum Gasteiger partial charge on any atom is 0.335 e. The summed E-state index contributed by atoms with van der Waals surface area (Å²) < 4.78 is 10.3. The van der Waals surface area contributed by atoms with Crippen molar-refractivity contribution in [2.75, 3.05) is 20.2 Å². The van der Waals surface area contributed by atoms with Crippen LogP contribution in [0.15, 0.2) is 41.0 Å². The first-order valence-corrected chi connectivity index (χ1v) is 8.20. The maximum atomic E-state index is 11.8. The molecule has 2 rings (SSSR count). The van der Waals surface area contributed by atoms with E-state index in [1.54, 1.807) is 18.2 Å². The average molecular weight is 375 g/mol. The van der Waals surface area contributed by atoms with Crippen LogP contribution >= 0.6 is 0 Å². The lowest BCUT2D eigenvalue weighted by Gasteiger charge is -2.11. The maximum absolute atomic E-state index is 11.8. The van der Waals surface area contributed by atoms with Gasteiger partial charge in [0.05, 0.1) is 32.0 Å². The first-order chi connectivity index (χ1) is 13.0. The van der Waals surface area contributed by atoms with Crippen LogP contribution in [0.4, 0.5) is 4.79 Å². The van der Waals surface area contributed by atoms with Crippen LogP contribution in [0.1, 0.15) is 21.7 Å². The first-order valence-electron chi connectivity index (χ1n) is 8.20. The minimum atomic E-state index is -1.04. The van der Waals surface area contributed by atoms with Crippen molar-refractivity contribution in [3.8, 4) is 5.75 Å². The van der Waals surface area contributed by atoms with E-state index in [1.165, 1.54) is 25.5 Å². The van der Waals surface area contributed by atoms with E-state index in [2.05, 4.69) is 16.0 Å². The van der Waals surface area contributed by atoms with Crippen LogP contribution in [0.25, 0.3) is 0 Å². The van der Waals surface area contributed by atoms with Gasteiger partial charge in [0.15, 0.2) is 0 Å². The summed E-state index contributed by atoms with van der Waals surface area (Å²) in [5.74, 6) is -0.328. The lowest BCUT2D eigenvalue weighted by atomic mass is 10.1. The molecule has 1 aromatic heterocycles. The summed E-state index contributed by atoms with van der Waals surface area (Å²) in [6, 6.07) is 7.52. The minimum Gasteiger partial charge on any atom is -0.496 e. The van der Waals surface area contributed by atoms with Crippen molar-refractivity contribution in [3.63, 3.8) is 0 Å². The van der Waals surface area contributed by atoms with Crippen molar-refractivity contribution in [2.45, 2.75) is 13.0 Å². The molecule has 0 radical (unpaired) electrons. The number of aromatic carboxylic acids is 1. The molecule has 3 amide bonds. The van der Waals surface area contributed by atoms with Gasteiger partial charge in [-0.1, -0.05) is 6.07 Å². The number of carbonyl (C=O) groups is 3. The quantitative estimate of drug-likeness (QED) is 0.520. The second kappa shape index (κ2) is 9.85. The molecule has 0 aliphatic carbocycles. The Hall–Kier alpha value is -3.49. The van der Waals surface area contributed by atoms with Gasteiger partial charge in [-0.3, -0.25) is 4.79 Å². The summed E-state index contributed by atoms with van der Waals surface area (Å²) in [5, 5.41) is 16.7. The molecule has 0 fully saturated rings. The third-order valence-corrected chi connectivity index (χ3v) is 3.66. The summed E-state index contributed by atoms with van der Waals surface area (Å²) in [5.41, 5.74) is 0.899. The number of urea groups is 1. The number of carboxylic acid groups (broad SMARTS) is 1. The van der Waals surface area contributed by atoms with Crippen LogP contribution in [0, 0.1) is 0 Å². The number of methoxy groups -OCH3 is 1. The van der Waals surface area contributed by atoms with E-state index in [0.717, 1.165) is 5.56 Å². The lowest BCUT2D eigenvalue weighted by Crippen LogP contribution is -2.42. The fraction of sp³-hybridized carbons (Fsp3) is 0.278. The van der Waals surface area contributed by atoms with Gasteiger partial charge in [-0.15, -0.1) is 0 Å². The number of furan rings is 1. The number of ether oxygens (including phenoxy) is 1. The Morgan fingerprint density at radius 2 is 1.96 bits per heavy atom. The molecule has 1 heterocycles. The van der Waals surface area contributed by atoms with Gasteiger partial charge in [0.25, 0.3) is 0 Å². The van der Waals surface area contributed by atoms with E-state index < -0.39 is 12.0 Å². The molecule has 0 unspecified atom stereocenters. The molecule has 0 atom stereocenters. The molecule has 27 heavy (non-hydrogen) atoms. The van der Waals surface area contributed by atoms with Gasteiger partial charge in [-0.05, 0) is 36.2 Å². The molecule has 9 heteroatoms. The summed E-state index contributed by atoms with van der Waals surface area (Å²) in [6.45, 7) is 0.378. The van der Waals surface area contributed by atoms with Crippen LogP contribution < -0.4 is 20.7 Å². The number of carboxylic acids is 1. The van der Waals surface area contributed by atoms with Gasteiger partial charge in [0, 0.05) is 6.54 Å². The highest BCUT2D eigenvalue weighted by Crippen LogP contribution is 2.20. The van der Waals surface area contributed by atoms with Crippen LogP contribution in [0.5, 0.6) is 5.75 Å². The van der Waals surface area contributed by atoms with E-state index in [-0.39, 0.29) is 24.6 Å². The van der Waals surface area contributed by atoms with E-state index >= 15 is 0 Å². The molecular weight excluding hydrogens is 354 g/mol. The summed E-state index contributed by atoms with van der Waals surface area (Å²) >= 11 is 0. The van der Waals surface area contributed by atoms with Gasteiger partial charge in [-0.25, -0.2) is 9.59 Å². The van der Waals surface area contributed by atoms with Gasteiger partial charge in [0.1, 0.15) is 11.5 Å². The highest BCUT2D eigenvalue weighted by molar-refractivity contribution is 5.88. The fourth-order valence-corrected chi connectivity index (χ4v) is 2.29. The van der Waals surface area contributed by atoms with Crippen molar-refractivity contribution < 1.29 is 28.6 Å². The van der Waals surface area contributed by atoms with Crippen molar-refractivity contribution in [3.05, 3.63) is 53.5 Å². The predicted octanol–water partition coefficient (Wildman–Crippen LogP) is 1.14. The summed E-state index contributed by atoms with van der Waals surface area (Å²) in [4.78, 5) is 34.4. The molecule has 0 aliphatic rings. The van der Waals surface area contributed by atoms with Crippen molar-refractivity contribution in [2.24, 2.45) is 0 Å². The standard InChI is InChI=1S/C18H21N3O6/c1-26-15-9-13(17(23)24)5-4-12(15)6-7-19-16(22)11-21-18(25)20-10-14-3-2-8-27-14/h2-5,8-9H,6-7,10-11H2,1H3,(H,19,22)(H,23,24)(H2,20,21,25).